The quantitative estimate of drug-likeness (QED) is 0.815. The van der Waals surface area contributed by atoms with Crippen LogP contribution in [-0.4, -0.2) is 59.9 Å². The topological polar surface area (TPSA) is 73.3 Å². The van der Waals surface area contributed by atoms with Gasteiger partial charge in [0.1, 0.15) is 11.8 Å². The van der Waals surface area contributed by atoms with E-state index in [1.165, 1.54) is 9.91 Å². The van der Waals surface area contributed by atoms with Gasteiger partial charge in [0.15, 0.2) is 0 Å². The molecular formula is C20H26N4O3. The summed E-state index contributed by atoms with van der Waals surface area (Å²) in [5, 5.41) is 5.75. The molecule has 2 heterocycles. The lowest BCUT2D eigenvalue weighted by Gasteiger charge is -2.29. The minimum atomic E-state index is -0.443. The van der Waals surface area contributed by atoms with Crippen molar-refractivity contribution in [3.63, 3.8) is 0 Å². The maximum Gasteiger partial charge on any atom is 0.270 e. The van der Waals surface area contributed by atoms with Gasteiger partial charge in [-0.2, -0.15) is 5.10 Å². The lowest BCUT2D eigenvalue weighted by atomic mass is 10.1. The molecule has 0 aromatic heterocycles. The number of hydrogen-bond acceptors (Lipinski definition) is 4. The number of hydrazone groups is 1. The van der Waals surface area contributed by atoms with E-state index in [-0.39, 0.29) is 24.1 Å². The monoisotopic (exact) mass is 370 g/mol. The molecule has 0 radical (unpaired) electrons. The minimum absolute atomic E-state index is 0.0697. The second kappa shape index (κ2) is 7.50. The Hall–Kier alpha value is -2.70. The van der Waals surface area contributed by atoms with Crippen LogP contribution in [0.2, 0.25) is 0 Å². The fraction of sp³-hybridized carbons (Fsp3) is 0.500. The first-order chi connectivity index (χ1) is 12.8. The smallest absolute Gasteiger partial charge is 0.270 e. The van der Waals surface area contributed by atoms with Crippen LogP contribution in [0.25, 0.3) is 0 Å². The molecule has 7 heteroatoms. The highest BCUT2D eigenvalue weighted by Gasteiger charge is 2.38. The molecule has 3 amide bonds. The number of carbonyl (C=O) groups is 3. The van der Waals surface area contributed by atoms with Gasteiger partial charge in [-0.15, -0.1) is 0 Å². The molecule has 7 nitrogen and oxygen atoms in total. The number of aryl methyl sites for hydroxylation is 2. The van der Waals surface area contributed by atoms with Gasteiger partial charge in [0.25, 0.3) is 5.91 Å². The van der Waals surface area contributed by atoms with Crippen LogP contribution in [0.15, 0.2) is 23.3 Å². The van der Waals surface area contributed by atoms with Crippen LogP contribution in [0.3, 0.4) is 0 Å². The summed E-state index contributed by atoms with van der Waals surface area (Å²) >= 11 is 0. The van der Waals surface area contributed by atoms with Crippen molar-refractivity contribution >= 4 is 29.1 Å². The van der Waals surface area contributed by atoms with Gasteiger partial charge in [0.05, 0.1) is 5.69 Å². The van der Waals surface area contributed by atoms with Gasteiger partial charge < -0.3 is 9.80 Å². The largest absolute Gasteiger partial charge is 0.347 e. The first kappa shape index (κ1) is 19.1. The molecule has 2 aliphatic rings. The van der Waals surface area contributed by atoms with Crippen LogP contribution in [-0.2, 0) is 14.4 Å². The summed E-state index contributed by atoms with van der Waals surface area (Å²) in [4.78, 5) is 41.0. The summed E-state index contributed by atoms with van der Waals surface area (Å²) < 4.78 is 0. The molecule has 0 aliphatic carbocycles. The number of likely N-dealkylation sites (N-methyl/N-ethyl adjacent to an activating group) is 1. The summed E-state index contributed by atoms with van der Waals surface area (Å²) in [6, 6.07) is 5.38. The normalized spacial score (nSPS) is 19.9. The Kier molecular flexibility index (Phi) is 5.30. The first-order valence-electron chi connectivity index (χ1n) is 9.29. The van der Waals surface area contributed by atoms with Crippen molar-refractivity contribution in [3.8, 4) is 0 Å². The summed E-state index contributed by atoms with van der Waals surface area (Å²) in [5.41, 5.74) is 2.99. The molecular weight excluding hydrogens is 344 g/mol. The van der Waals surface area contributed by atoms with Crippen molar-refractivity contribution in [2.24, 2.45) is 5.10 Å². The Morgan fingerprint density at radius 2 is 1.93 bits per heavy atom. The van der Waals surface area contributed by atoms with E-state index in [1.54, 1.807) is 19.0 Å². The third kappa shape index (κ3) is 3.72. The van der Waals surface area contributed by atoms with Crippen molar-refractivity contribution in [3.05, 3.63) is 29.3 Å². The highest BCUT2D eigenvalue weighted by molar-refractivity contribution is 6.40. The molecule has 0 N–H and O–H groups in total. The van der Waals surface area contributed by atoms with Gasteiger partial charge in [-0.3, -0.25) is 14.4 Å². The van der Waals surface area contributed by atoms with Crippen molar-refractivity contribution < 1.29 is 14.4 Å². The van der Waals surface area contributed by atoms with Crippen molar-refractivity contribution in [1.29, 1.82) is 0 Å². The van der Waals surface area contributed by atoms with Crippen LogP contribution in [0.5, 0.6) is 0 Å². The lowest BCUT2D eigenvalue weighted by molar-refractivity contribution is -0.139. The van der Waals surface area contributed by atoms with Gasteiger partial charge in [-0.1, -0.05) is 12.1 Å². The minimum Gasteiger partial charge on any atom is -0.347 e. The Morgan fingerprint density at radius 1 is 1.19 bits per heavy atom. The fourth-order valence-electron chi connectivity index (χ4n) is 3.57. The summed E-state index contributed by atoms with van der Waals surface area (Å²) in [7, 11) is 3.39. The van der Waals surface area contributed by atoms with Crippen LogP contribution in [0.4, 0.5) is 5.69 Å². The van der Waals surface area contributed by atoms with E-state index in [0.29, 0.717) is 30.8 Å². The predicted octanol–water partition coefficient (Wildman–Crippen LogP) is 1.87. The van der Waals surface area contributed by atoms with E-state index in [4.69, 9.17) is 0 Å². The van der Waals surface area contributed by atoms with Gasteiger partial charge in [-0.05, 0) is 43.9 Å². The average molecular weight is 370 g/mol. The van der Waals surface area contributed by atoms with E-state index in [1.807, 2.05) is 32.0 Å². The molecule has 1 aromatic rings. The molecule has 1 atom stereocenters. The third-order valence-electron chi connectivity index (χ3n) is 5.11. The average Bonchev–Trinajstić information content (AvgIpc) is 3.12. The lowest BCUT2D eigenvalue weighted by Crippen LogP contribution is -2.49. The Bertz CT molecular complexity index is 815. The van der Waals surface area contributed by atoms with Crippen LogP contribution in [0.1, 0.15) is 36.8 Å². The van der Waals surface area contributed by atoms with Crippen LogP contribution >= 0.6 is 0 Å². The molecule has 1 aromatic carbocycles. The van der Waals surface area contributed by atoms with Gasteiger partial charge in [0.2, 0.25) is 11.8 Å². The van der Waals surface area contributed by atoms with Crippen molar-refractivity contribution in [2.75, 3.05) is 25.6 Å². The molecule has 0 spiro atoms. The number of benzene rings is 1. The maximum absolute atomic E-state index is 13.1. The number of carbonyl (C=O) groups excluding carboxylic acids is 3. The molecule has 2 aliphatic heterocycles. The zero-order valence-electron chi connectivity index (χ0n) is 16.4. The van der Waals surface area contributed by atoms with Crippen molar-refractivity contribution in [2.45, 2.75) is 45.6 Å². The summed E-state index contributed by atoms with van der Waals surface area (Å²) in [6.45, 7) is 4.41. The van der Waals surface area contributed by atoms with Crippen molar-refractivity contribution in [1.82, 2.24) is 9.80 Å². The number of nitrogens with zero attached hydrogens (tertiary/aromatic N) is 4. The zero-order chi connectivity index (χ0) is 19.7. The third-order valence-corrected chi connectivity index (χ3v) is 5.11. The number of hydrogen-bond donors (Lipinski definition) is 0. The molecule has 1 unspecified atom stereocenters. The number of amides is 3. The van der Waals surface area contributed by atoms with Gasteiger partial charge in [0, 0.05) is 33.5 Å². The molecule has 1 saturated heterocycles. The molecule has 1 fully saturated rings. The van der Waals surface area contributed by atoms with Crippen LogP contribution in [0, 0.1) is 13.8 Å². The molecule has 27 heavy (non-hydrogen) atoms. The molecule has 144 valence electrons. The zero-order valence-corrected chi connectivity index (χ0v) is 16.4. The SMILES string of the molecule is Cc1ccc(C)c(N2N=C(C(=O)N3CCCC3C(=O)N(C)C)CCC2=O)c1. The Balaban J connectivity index is 1.89. The highest BCUT2D eigenvalue weighted by atomic mass is 16.2. The van der Waals surface area contributed by atoms with Gasteiger partial charge in [-0.25, -0.2) is 5.01 Å². The van der Waals surface area contributed by atoms with E-state index in [0.717, 1.165) is 17.5 Å². The number of likely N-dealkylation sites (tertiary alicyclic amines) is 1. The first-order valence-corrected chi connectivity index (χ1v) is 9.29. The molecule has 3 rings (SSSR count). The second-order valence-electron chi connectivity index (χ2n) is 7.43. The van der Waals surface area contributed by atoms with Crippen LogP contribution < -0.4 is 5.01 Å². The Labute approximate surface area is 159 Å². The van der Waals surface area contributed by atoms with E-state index < -0.39 is 6.04 Å². The summed E-state index contributed by atoms with van der Waals surface area (Å²) in [5.74, 6) is -0.433. The number of rotatable bonds is 3. The van der Waals surface area contributed by atoms with E-state index >= 15 is 0 Å². The molecule has 0 bridgehead atoms. The predicted molar refractivity (Wildman–Crippen MR) is 104 cm³/mol. The second-order valence-corrected chi connectivity index (χ2v) is 7.43. The van der Waals surface area contributed by atoms with E-state index in [2.05, 4.69) is 5.10 Å². The van der Waals surface area contributed by atoms with E-state index in [9.17, 15) is 14.4 Å². The van der Waals surface area contributed by atoms with Gasteiger partial charge >= 0.3 is 0 Å². The highest BCUT2D eigenvalue weighted by Crippen LogP contribution is 2.27. The standard InChI is InChI=1S/C20H26N4O3/c1-13-7-8-14(2)17(12-13)24-18(25)10-9-15(21-24)19(26)23-11-5-6-16(23)20(27)22(3)4/h7-8,12,16H,5-6,9-11H2,1-4H3. The molecule has 0 saturated carbocycles. The summed E-state index contributed by atoms with van der Waals surface area (Å²) in [6.07, 6.45) is 2.00. The number of anilines is 1. The maximum atomic E-state index is 13.1. The Morgan fingerprint density at radius 3 is 2.63 bits per heavy atom. The fourth-order valence-corrected chi connectivity index (χ4v) is 3.57.